The molecular weight excluding hydrogens is 228 g/mol. The molecule has 0 atom stereocenters. The monoisotopic (exact) mass is 244 g/mol. The van der Waals surface area contributed by atoms with E-state index in [-0.39, 0.29) is 0 Å². The first-order chi connectivity index (χ1) is 8.69. The fourth-order valence-corrected chi connectivity index (χ4v) is 1.60. The van der Waals surface area contributed by atoms with Crippen LogP contribution in [0.25, 0.3) is 0 Å². The van der Waals surface area contributed by atoms with Crippen LogP contribution in [0.3, 0.4) is 0 Å². The predicted octanol–water partition coefficient (Wildman–Crippen LogP) is 1.39. The Morgan fingerprint density at radius 3 is 2.83 bits per heavy atom. The summed E-state index contributed by atoms with van der Waals surface area (Å²) in [7, 11) is 0. The molecule has 0 aliphatic rings. The number of aryl methyl sites for hydroxylation is 2. The Labute approximate surface area is 106 Å². The van der Waals surface area contributed by atoms with Gasteiger partial charge in [0.15, 0.2) is 0 Å². The van der Waals surface area contributed by atoms with Gasteiger partial charge in [0, 0.05) is 18.0 Å². The Morgan fingerprint density at radius 1 is 1.28 bits per heavy atom. The average molecular weight is 244 g/mol. The molecule has 6 heteroatoms. The highest BCUT2D eigenvalue weighted by atomic mass is 15.3. The van der Waals surface area contributed by atoms with Gasteiger partial charge in [0.1, 0.15) is 5.82 Å². The number of nitrogens with zero attached hydrogens (tertiary/aromatic N) is 3. The molecule has 0 amide bonds. The Balaban J connectivity index is 2.11. The van der Waals surface area contributed by atoms with E-state index in [0.717, 1.165) is 22.8 Å². The zero-order valence-electron chi connectivity index (χ0n) is 10.4. The van der Waals surface area contributed by atoms with Crippen molar-refractivity contribution in [3.8, 4) is 0 Å². The number of nitrogens with one attached hydrogen (secondary N) is 2. The van der Waals surface area contributed by atoms with Gasteiger partial charge in [-0.3, -0.25) is 10.4 Å². The molecule has 2 heterocycles. The van der Waals surface area contributed by atoms with E-state index in [0.29, 0.717) is 12.5 Å². The third kappa shape index (κ3) is 2.92. The standard InChI is InChI=1S/C12H16N6/c1-8-4-3-5-14-10(8)7-15-11-6-9(2)16-12(17-11)18-13/h3-6H,7,13H2,1-2H3,(H2,15,16,17,18). The number of nitrogen functional groups attached to an aromatic ring is 1. The van der Waals surface area contributed by atoms with Crippen molar-refractivity contribution >= 4 is 11.8 Å². The van der Waals surface area contributed by atoms with Crippen LogP contribution in [-0.2, 0) is 6.54 Å². The Kier molecular flexibility index (Phi) is 3.69. The van der Waals surface area contributed by atoms with E-state index in [1.807, 2.05) is 32.0 Å². The van der Waals surface area contributed by atoms with Gasteiger partial charge >= 0.3 is 0 Å². The lowest BCUT2D eigenvalue weighted by atomic mass is 10.2. The first kappa shape index (κ1) is 12.3. The lowest BCUT2D eigenvalue weighted by molar-refractivity contribution is 0.989. The Hall–Kier alpha value is -2.21. The first-order valence-corrected chi connectivity index (χ1v) is 5.65. The normalized spacial score (nSPS) is 10.2. The van der Waals surface area contributed by atoms with Crippen LogP contribution in [0.5, 0.6) is 0 Å². The summed E-state index contributed by atoms with van der Waals surface area (Å²) in [5.41, 5.74) is 5.43. The number of hydrazine groups is 1. The van der Waals surface area contributed by atoms with Crippen molar-refractivity contribution < 1.29 is 0 Å². The molecule has 2 aromatic rings. The summed E-state index contributed by atoms with van der Waals surface area (Å²) in [6.07, 6.45) is 1.78. The number of hydrogen-bond donors (Lipinski definition) is 3. The van der Waals surface area contributed by atoms with E-state index in [1.54, 1.807) is 6.20 Å². The van der Waals surface area contributed by atoms with Crippen LogP contribution in [0.1, 0.15) is 17.0 Å². The molecule has 0 spiro atoms. The molecule has 0 aliphatic heterocycles. The minimum absolute atomic E-state index is 0.398. The third-order valence-corrected chi connectivity index (χ3v) is 2.54. The van der Waals surface area contributed by atoms with E-state index in [2.05, 4.69) is 25.7 Å². The average Bonchev–Trinajstić information content (AvgIpc) is 2.37. The largest absolute Gasteiger partial charge is 0.364 e. The molecule has 4 N–H and O–H groups in total. The zero-order valence-corrected chi connectivity index (χ0v) is 10.4. The van der Waals surface area contributed by atoms with Crippen LogP contribution in [0, 0.1) is 13.8 Å². The summed E-state index contributed by atoms with van der Waals surface area (Å²) in [5, 5.41) is 3.21. The van der Waals surface area contributed by atoms with Gasteiger partial charge in [-0.05, 0) is 25.5 Å². The summed E-state index contributed by atoms with van der Waals surface area (Å²) in [6, 6.07) is 5.81. The molecule has 0 unspecified atom stereocenters. The molecule has 18 heavy (non-hydrogen) atoms. The summed E-state index contributed by atoms with van der Waals surface area (Å²) >= 11 is 0. The van der Waals surface area contributed by atoms with Gasteiger partial charge in [0.25, 0.3) is 0 Å². The Morgan fingerprint density at radius 2 is 2.11 bits per heavy atom. The van der Waals surface area contributed by atoms with E-state index in [4.69, 9.17) is 5.84 Å². The molecule has 2 aromatic heterocycles. The molecule has 0 aromatic carbocycles. The molecule has 0 fully saturated rings. The number of aromatic nitrogens is 3. The number of nitrogens with two attached hydrogens (primary N) is 1. The summed E-state index contributed by atoms with van der Waals surface area (Å²) < 4.78 is 0. The minimum Gasteiger partial charge on any atom is -0.364 e. The van der Waals surface area contributed by atoms with E-state index in [1.165, 1.54) is 0 Å². The van der Waals surface area contributed by atoms with Crippen molar-refractivity contribution in [1.29, 1.82) is 0 Å². The van der Waals surface area contributed by atoms with E-state index < -0.39 is 0 Å². The van der Waals surface area contributed by atoms with Gasteiger partial charge in [-0.15, -0.1) is 0 Å². The van der Waals surface area contributed by atoms with Crippen molar-refractivity contribution in [3.05, 3.63) is 41.3 Å². The second-order valence-corrected chi connectivity index (χ2v) is 3.98. The lowest BCUT2D eigenvalue weighted by Crippen LogP contribution is -2.13. The first-order valence-electron chi connectivity index (χ1n) is 5.65. The van der Waals surface area contributed by atoms with Crippen LogP contribution in [0.4, 0.5) is 11.8 Å². The molecular formula is C12H16N6. The second kappa shape index (κ2) is 5.42. The lowest BCUT2D eigenvalue weighted by Gasteiger charge is -2.09. The topological polar surface area (TPSA) is 88.8 Å². The molecule has 0 aliphatic carbocycles. The van der Waals surface area contributed by atoms with Crippen molar-refractivity contribution in [2.45, 2.75) is 20.4 Å². The SMILES string of the molecule is Cc1cc(NCc2ncccc2C)nc(NN)n1. The maximum atomic E-state index is 5.30. The van der Waals surface area contributed by atoms with E-state index in [9.17, 15) is 0 Å². The van der Waals surface area contributed by atoms with Crippen molar-refractivity contribution in [2.24, 2.45) is 5.84 Å². The van der Waals surface area contributed by atoms with Gasteiger partial charge in [0.2, 0.25) is 5.95 Å². The highest BCUT2D eigenvalue weighted by Gasteiger charge is 2.02. The van der Waals surface area contributed by atoms with Crippen LogP contribution >= 0.6 is 0 Å². The quantitative estimate of drug-likeness (QED) is 0.556. The van der Waals surface area contributed by atoms with Gasteiger partial charge in [-0.2, -0.15) is 4.98 Å². The van der Waals surface area contributed by atoms with Crippen molar-refractivity contribution in [3.63, 3.8) is 0 Å². The maximum absolute atomic E-state index is 5.30. The smallest absolute Gasteiger partial charge is 0.239 e. The van der Waals surface area contributed by atoms with Gasteiger partial charge in [0.05, 0.1) is 12.2 Å². The van der Waals surface area contributed by atoms with Gasteiger partial charge in [-0.1, -0.05) is 6.07 Å². The van der Waals surface area contributed by atoms with Crippen molar-refractivity contribution in [1.82, 2.24) is 15.0 Å². The number of rotatable bonds is 4. The summed E-state index contributed by atoms with van der Waals surface area (Å²) in [6.45, 7) is 4.54. The number of pyridine rings is 1. The molecule has 0 saturated carbocycles. The maximum Gasteiger partial charge on any atom is 0.239 e. The third-order valence-electron chi connectivity index (χ3n) is 2.54. The summed E-state index contributed by atoms with van der Waals surface area (Å²) in [5.74, 6) is 6.42. The highest BCUT2D eigenvalue weighted by Crippen LogP contribution is 2.11. The number of hydrogen-bond acceptors (Lipinski definition) is 6. The predicted molar refractivity (Wildman–Crippen MR) is 70.9 cm³/mol. The second-order valence-electron chi connectivity index (χ2n) is 3.98. The Bertz CT molecular complexity index is 540. The highest BCUT2D eigenvalue weighted by molar-refractivity contribution is 5.42. The fourth-order valence-electron chi connectivity index (χ4n) is 1.60. The molecule has 0 radical (unpaired) electrons. The molecule has 6 nitrogen and oxygen atoms in total. The molecule has 0 saturated heterocycles. The molecule has 0 bridgehead atoms. The zero-order chi connectivity index (χ0) is 13.0. The number of anilines is 2. The summed E-state index contributed by atoms with van der Waals surface area (Å²) in [4.78, 5) is 12.6. The van der Waals surface area contributed by atoms with Crippen LogP contribution in [-0.4, -0.2) is 15.0 Å². The fraction of sp³-hybridized carbons (Fsp3) is 0.250. The molecule has 2 rings (SSSR count). The van der Waals surface area contributed by atoms with Gasteiger partial charge in [-0.25, -0.2) is 10.8 Å². The minimum atomic E-state index is 0.398. The van der Waals surface area contributed by atoms with Crippen LogP contribution < -0.4 is 16.6 Å². The van der Waals surface area contributed by atoms with Gasteiger partial charge < -0.3 is 5.32 Å². The van der Waals surface area contributed by atoms with Crippen molar-refractivity contribution in [2.75, 3.05) is 10.7 Å². The van der Waals surface area contributed by atoms with Crippen LogP contribution in [0.15, 0.2) is 24.4 Å². The van der Waals surface area contributed by atoms with E-state index >= 15 is 0 Å². The molecule has 94 valence electrons. The van der Waals surface area contributed by atoms with Crippen LogP contribution in [0.2, 0.25) is 0 Å².